The molecule has 8 heteroatoms. The molecule has 0 aromatic heterocycles. The van der Waals surface area contributed by atoms with E-state index in [0.29, 0.717) is 0 Å². The molecule has 1 saturated heterocycles. The second-order valence-electron chi connectivity index (χ2n) is 3.47. The highest BCUT2D eigenvalue weighted by Crippen LogP contribution is 2.19. The van der Waals surface area contributed by atoms with Gasteiger partial charge in [-0.3, -0.25) is 0 Å². The van der Waals surface area contributed by atoms with Gasteiger partial charge in [0.15, 0.2) is 6.29 Å². The average Bonchev–Trinajstić information content (AvgIpc) is 2.29. The fourth-order valence-corrected chi connectivity index (χ4v) is 1.50. The lowest BCUT2D eigenvalue weighted by Gasteiger charge is -2.39. The van der Waals surface area contributed by atoms with Gasteiger partial charge in [-0.05, 0) is 0 Å². The number of nitrogens with one attached hydrogen (secondary N) is 1. The number of alkyl carbamates (subject to hydrolysis) is 1. The highest BCUT2D eigenvalue weighted by molar-refractivity contribution is 5.68. The molecule has 98 valence electrons. The van der Waals surface area contributed by atoms with E-state index < -0.39 is 43.3 Å². The Labute approximate surface area is 97.1 Å². The van der Waals surface area contributed by atoms with Gasteiger partial charge in [0.25, 0.3) is 0 Å². The van der Waals surface area contributed by atoms with Crippen LogP contribution in [0.25, 0.3) is 0 Å². The molecule has 0 spiro atoms. The standard InChI is InChI=1S/C9H15NO7/c1-2-16-9(15)10-5-7(13)6(12)4(3-11)17-8(5)14/h2,4-8,11-14H,1,3H2,(H,10,15). The molecule has 1 aliphatic rings. The minimum absolute atomic E-state index is 0.570. The van der Waals surface area contributed by atoms with Crippen LogP contribution in [-0.4, -0.2) is 63.8 Å². The third-order valence-electron chi connectivity index (χ3n) is 2.38. The van der Waals surface area contributed by atoms with E-state index in [2.05, 4.69) is 16.6 Å². The number of aliphatic hydroxyl groups is 4. The van der Waals surface area contributed by atoms with Gasteiger partial charge in [-0.1, -0.05) is 6.58 Å². The first-order valence-electron chi connectivity index (χ1n) is 4.89. The quantitative estimate of drug-likeness (QED) is 0.354. The van der Waals surface area contributed by atoms with E-state index in [1.54, 1.807) is 0 Å². The maximum Gasteiger partial charge on any atom is 0.412 e. The minimum Gasteiger partial charge on any atom is -0.419 e. The Morgan fingerprint density at radius 2 is 2.06 bits per heavy atom. The summed E-state index contributed by atoms with van der Waals surface area (Å²) in [6.45, 7) is 2.58. The van der Waals surface area contributed by atoms with Crippen molar-refractivity contribution in [1.29, 1.82) is 0 Å². The van der Waals surface area contributed by atoms with Gasteiger partial charge in [-0.2, -0.15) is 0 Å². The zero-order valence-electron chi connectivity index (χ0n) is 8.89. The van der Waals surface area contributed by atoms with Gasteiger partial charge in [0.1, 0.15) is 24.4 Å². The first-order chi connectivity index (χ1) is 8.01. The van der Waals surface area contributed by atoms with Gasteiger partial charge in [0, 0.05) is 0 Å². The molecule has 1 fully saturated rings. The van der Waals surface area contributed by atoms with Crippen LogP contribution in [0.4, 0.5) is 4.79 Å². The predicted molar refractivity (Wildman–Crippen MR) is 53.6 cm³/mol. The van der Waals surface area contributed by atoms with Crippen molar-refractivity contribution in [1.82, 2.24) is 5.32 Å². The number of carbonyl (C=O) groups excluding carboxylic acids is 1. The molecule has 0 aromatic rings. The highest BCUT2D eigenvalue weighted by Gasteiger charge is 2.44. The van der Waals surface area contributed by atoms with Gasteiger partial charge in [-0.15, -0.1) is 0 Å². The molecular formula is C9H15NO7. The van der Waals surface area contributed by atoms with Crippen molar-refractivity contribution in [3.63, 3.8) is 0 Å². The average molecular weight is 249 g/mol. The first-order valence-corrected chi connectivity index (χ1v) is 4.89. The molecule has 0 aliphatic carbocycles. The summed E-state index contributed by atoms with van der Waals surface area (Å²) < 4.78 is 9.14. The van der Waals surface area contributed by atoms with Crippen LogP contribution in [0, 0.1) is 0 Å². The van der Waals surface area contributed by atoms with Crippen molar-refractivity contribution < 1.29 is 34.7 Å². The normalized spacial score (nSPS) is 37.3. The van der Waals surface area contributed by atoms with Crippen molar-refractivity contribution in [2.75, 3.05) is 6.61 Å². The molecule has 17 heavy (non-hydrogen) atoms. The van der Waals surface area contributed by atoms with Gasteiger partial charge < -0.3 is 35.2 Å². The van der Waals surface area contributed by atoms with Crippen LogP contribution in [-0.2, 0) is 9.47 Å². The van der Waals surface area contributed by atoms with Crippen LogP contribution < -0.4 is 5.32 Å². The number of hydrogen-bond acceptors (Lipinski definition) is 7. The Kier molecular flexibility index (Phi) is 4.85. The summed E-state index contributed by atoms with van der Waals surface area (Å²) in [6, 6.07) is -1.26. The molecule has 8 nitrogen and oxygen atoms in total. The third-order valence-corrected chi connectivity index (χ3v) is 2.38. The summed E-state index contributed by atoms with van der Waals surface area (Å²) in [5.74, 6) is 0. The van der Waals surface area contributed by atoms with Crippen molar-refractivity contribution in [3.05, 3.63) is 12.8 Å². The Morgan fingerprint density at radius 1 is 1.41 bits per heavy atom. The predicted octanol–water partition coefficient (Wildman–Crippen LogP) is -2.34. The number of aliphatic hydroxyl groups excluding tert-OH is 4. The molecule has 5 atom stereocenters. The number of rotatable bonds is 3. The van der Waals surface area contributed by atoms with Crippen LogP contribution in [0.3, 0.4) is 0 Å². The van der Waals surface area contributed by atoms with Crippen molar-refractivity contribution in [2.24, 2.45) is 0 Å². The van der Waals surface area contributed by atoms with E-state index in [1.165, 1.54) is 0 Å². The number of carbonyl (C=O) groups is 1. The molecule has 0 aromatic carbocycles. The van der Waals surface area contributed by atoms with Gasteiger partial charge in [0.05, 0.1) is 12.9 Å². The molecule has 1 amide bonds. The summed E-state index contributed by atoms with van der Waals surface area (Å²) >= 11 is 0. The Hall–Kier alpha value is -1.19. The molecule has 0 bridgehead atoms. The van der Waals surface area contributed by atoms with Crippen molar-refractivity contribution >= 4 is 6.09 Å². The van der Waals surface area contributed by atoms with Crippen LogP contribution >= 0.6 is 0 Å². The molecule has 0 radical (unpaired) electrons. The number of amides is 1. The maximum atomic E-state index is 11.0. The van der Waals surface area contributed by atoms with Crippen molar-refractivity contribution in [3.8, 4) is 0 Å². The lowest BCUT2D eigenvalue weighted by Crippen LogP contribution is -2.64. The van der Waals surface area contributed by atoms with E-state index in [9.17, 15) is 20.1 Å². The fraction of sp³-hybridized carbons (Fsp3) is 0.667. The first kappa shape index (κ1) is 13.9. The highest BCUT2D eigenvalue weighted by atomic mass is 16.6. The molecular weight excluding hydrogens is 234 g/mol. The van der Waals surface area contributed by atoms with E-state index in [4.69, 9.17) is 9.84 Å². The van der Waals surface area contributed by atoms with Crippen LogP contribution in [0.1, 0.15) is 0 Å². The zero-order valence-corrected chi connectivity index (χ0v) is 8.89. The van der Waals surface area contributed by atoms with Gasteiger partial charge in [-0.25, -0.2) is 4.79 Å². The molecule has 5 unspecified atom stereocenters. The molecule has 1 aliphatic heterocycles. The van der Waals surface area contributed by atoms with Gasteiger partial charge in [0.2, 0.25) is 0 Å². The molecule has 5 N–H and O–H groups in total. The van der Waals surface area contributed by atoms with E-state index in [1.807, 2.05) is 0 Å². The minimum atomic E-state index is -1.57. The zero-order chi connectivity index (χ0) is 13.0. The summed E-state index contributed by atoms with van der Waals surface area (Å²) in [4.78, 5) is 11.0. The maximum absolute atomic E-state index is 11.0. The van der Waals surface area contributed by atoms with Crippen molar-refractivity contribution in [2.45, 2.75) is 30.6 Å². The SMILES string of the molecule is C=COC(=O)NC1C(O)OC(CO)C(O)C1O. The summed E-state index contributed by atoms with van der Waals surface area (Å²) in [7, 11) is 0. The summed E-state index contributed by atoms with van der Waals surface area (Å²) in [5.41, 5.74) is 0. The summed E-state index contributed by atoms with van der Waals surface area (Å²) in [5, 5.41) is 39.5. The molecule has 1 heterocycles. The Morgan fingerprint density at radius 3 is 2.59 bits per heavy atom. The van der Waals surface area contributed by atoms with Crippen LogP contribution in [0.2, 0.25) is 0 Å². The fourth-order valence-electron chi connectivity index (χ4n) is 1.50. The third kappa shape index (κ3) is 3.14. The van der Waals surface area contributed by atoms with E-state index in [-0.39, 0.29) is 0 Å². The number of hydrogen-bond donors (Lipinski definition) is 5. The monoisotopic (exact) mass is 249 g/mol. The topological polar surface area (TPSA) is 128 Å². The smallest absolute Gasteiger partial charge is 0.412 e. The van der Waals surface area contributed by atoms with Crippen LogP contribution in [0.15, 0.2) is 12.8 Å². The van der Waals surface area contributed by atoms with Gasteiger partial charge >= 0.3 is 6.09 Å². The second-order valence-corrected chi connectivity index (χ2v) is 3.47. The molecule has 0 saturated carbocycles. The number of ether oxygens (including phenoxy) is 2. The lowest BCUT2D eigenvalue weighted by atomic mass is 9.97. The lowest BCUT2D eigenvalue weighted by molar-refractivity contribution is -0.252. The Balaban J connectivity index is 2.66. The molecule has 1 rings (SSSR count). The second kappa shape index (κ2) is 5.94. The van der Waals surface area contributed by atoms with E-state index >= 15 is 0 Å². The Bertz CT molecular complexity index is 285. The van der Waals surface area contributed by atoms with Crippen LogP contribution in [0.5, 0.6) is 0 Å². The largest absolute Gasteiger partial charge is 0.419 e. The van der Waals surface area contributed by atoms with E-state index in [0.717, 1.165) is 6.26 Å². The summed E-state index contributed by atoms with van der Waals surface area (Å²) in [6.07, 6.45) is -5.70.